The molecule has 2 rings (SSSR count). The summed E-state index contributed by atoms with van der Waals surface area (Å²) < 4.78 is 29.4. The molecule has 1 aliphatic carbocycles. The minimum atomic E-state index is -3.27. The average molecular weight is 274 g/mol. The molecule has 0 radical (unpaired) electrons. The van der Waals surface area contributed by atoms with Crippen molar-refractivity contribution in [2.75, 3.05) is 6.54 Å². The molecule has 0 aromatic carbocycles. The summed E-state index contributed by atoms with van der Waals surface area (Å²) in [6, 6.07) is 0.314. The highest BCUT2D eigenvalue weighted by Gasteiger charge is 2.31. The number of nitrogens with one attached hydrogen (secondary N) is 1. The van der Waals surface area contributed by atoms with Crippen molar-refractivity contribution in [1.82, 2.24) is 9.03 Å². The van der Waals surface area contributed by atoms with Crippen LogP contribution in [0.25, 0.3) is 0 Å². The molecule has 1 N–H and O–H groups in total. The van der Waals surface area contributed by atoms with Gasteiger partial charge >= 0.3 is 0 Å². The predicted molar refractivity (Wildman–Crippen MR) is 73.6 cm³/mol. The van der Waals surface area contributed by atoms with Crippen LogP contribution in [0.4, 0.5) is 0 Å². The minimum absolute atomic E-state index is 0.155. The van der Waals surface area contributed by atoms with Gasteiger partial charge in [-0.3, -0.25) is 0 Å². The largest absolute Gasteiger partial charge is 0.279 e. The van der Waals surface area contributed by atoms with E-state index in [9.17, 15) is 8.42 Å². The van der Waals surface area contributed by atoms with E-state index in [4.69, 9.17) is 0 Å². The van der Waals surface area contributed by atoms with Crippen molar-refractivity contribution in [3.63, 3.8) is 0 Å². The summed E-state index contributed by atoms with van der Waals surface area (Å²) in [7, 11) is -3.27. The Balaban J connectivity index is 1.96. The van der Waals surface area contributed by atoms with Gasteiger partial charge in [-0.25, -0.2) is 0 Å². The second kappa shape index (κ2) is 6.35. The van der Waals surface area contributed by atoms with Crippen LogP contribution in [0.5, 0.6) is 0 Å². The van der Waals surface area contributed by atoms with Crippen molar-refractivity contribution in [2.24, 2.45) is 0 Å². The van der Waals surface area contributed by atoms with E-state index in [0.717, 1.165) is 44.9 Å². The van der Waals surface area contributed by atoms with E-state index in [0.29, 0.717) is 6.54 Å². The first-order chi connectivity index (χ1) is 8.59. The van der Waals surface area contributed by atoms with Crippen molar-refractivity contribution >= 4 is 10.2 Å². The van der Waals surface area contributed by atoms with Crippen LogP contribution in [0.3, 0.4) is 0 Å². The molecule has 106 valence electrons. The highest BCUT2D eigenvalue weighted by atomic mass is 32.2. The lowest BCUT2D eigenvalue weighted by Gasteiger charge is -2.33. The van der Waals surface area contributed by atoms with Gasteiger partial charge in [-0.05, 0) is 32.6 Å². The highest BCUT2D eigenvalue weighted by Crippen LogP contribution is 2.22. The number of nitrogens with zero attached hydrogens (tertiary/aromatic N) is 1. The summed E-state index contributed by atoms with van der Waals surface area (Å²) in [4.78, 5) is 0. The molecule has 2 fully saturated rings. The molecule has 0 bridgehead atoms. The molecule has 4 nitrogen and oxygen atoms in total. The zero-order valence-electron chi connectivity index (χ0n) is 11.4. The fraction of sp³-hybridized carbons (Fsp3) is 1.00. The fourth-order valence-corrected chi connectivity index (χ4v) is 4.85. The zero-order valence-corrected chi connectivity index (χ0v) is 12.2. The van der Waals surface area contributed by atoms with Gasteiger partial charge in [0.2, 0.25) is 0 Å². The van der Waals surface area contributed by atoms with Crippen LogP contribution >= 0.6 is 0 Å². The summed E-state index contributed by atoms with van der Waals surface area (Å²) in [5.74, 6) is 0. The summed E-state index contributed by atoms with van der Waals surface area (Å²) in [6.07, 6.45) is 9.95. The first-order valence-corrected chi connectivity index (χ1v) is 8.83. The lowest BCUT2D eigenvalue weighted by atomic mass is 10.1. The van der Waals surface area contributed by atoms with Gasteiger partial charge in [0.05, 0.1) is 0 Å². The average Bonchev–Trinajstić information content (AvgIpc) is 2.57. The molecule has 1 saturated carbocycles. The number of rotatable bonds is 3. The summed E-state index contributed by atoms with van der Waals surface area (Å²) in [6.45, 7) is 2.70. The van der Waals surface area contributed by atoms with E-state index in [1.165, 1.54) is 12.8 Å². The number of hydrogen-bond acceptors (Lipinski definition) is 2. The van der Waals surface area contributed by atoms with E-state index in [-0.39, 0.29) is 12.1 Å². The first-order valence-electron chi connectivity index (χ1n) is 7.39. The van der Waals surface area contributed by atoms with E-state index < -0.39 is 10.2 Å². The summed E-state index contributed by atoms with van der Waals surface area (Å²) >= 11 is 0. The Morgan fingerprint density at radius 3 is 2.17 bits per heavy atom. The Labute approximate surface area is 111 Å². The van der Waals surface area contributed by atoms with Crippen molar-refractivity contribution in [3.05, 3.63) is 0 Å². The van der Waals surface area contributed by atoms with Gasteiger partial charge in [-0.1, -0.05) is 32.1 Å². The minimum Gasteiger partial charge on any atom is -0.199 e. The normalized spacial score (nSPS) is 29.1. The Morgan fingerprint density at radius 2 is 1.56 bits per heavy atom. The van der Waals surface area contributed by atoms with Crippen molar-refractivity contribution in [2.45, 2.75) is 76.8 Å². The molecule has 5 heteroatoms. The van der Waals surface area contributed by atoms with Gasteiger partial charge in [-0.2, -0.15) is 17.4 Å². The van der Waals surface area contributed by atoms with Crippen LogP contribution in [0.15, 0.2) is 0 Å². The van der Waals surface area contributed by atoms with Crippen LogP contribution in [0.1, 0.15) is 64.7 Å². The molecule has 2 aliphatic rings. The molecule has 1 atom stereocenters. The molecule has 0 amide bonds. The maximum absolute atomic E-state index is 12.4. The summed E-state index contributed by atoms with van der Waals surface area (Å²) in [5, 5.41) is 0. The Bertz CT molecular complexity index is 348. The topological polar surface area (TPSA) is 49.4 Å². The molecule has 18 heavy (non-hydrogen) atoms. The molecular formula is C13H26N2O2S. The third-order valence-corrected chi connectivity index (χ3v) is 6.01. The zero-order chi connectivity index (χ0) is 13.0. The molecule has 1 saturated heterocycles. The smallest absolute Gasteiger partial charge is 0.199 e. The third-order valence-electron chi connectivity index (χ3n) is 4.22. The standard InChI is InChI=1S/C13H26N2O2S/c1-12-8-6-7-11-15(12)18(16,17)14-13-9-4-2-3-5-10-13/h12-14H,2-11H2,1H3/t12-/m0/s1. The van der Waals surface area contributed by atoms with Crippen LogP contribution in [-0.2, 0) is 10.2 Å². The number of hydrogen-bond donors (Lipinski definition) is 1. The van der Waals surface area contributed by atoms with Gasteiger partial charge in [-0.15, -0.1) is 0 Å². The van der Waals surface area contributed by atoms with Gasteiger partial charge < -0.3 is 0 Å². The molecule has 1 aliphatic heterocycles. The lowest BCUT2D eigenvalue weighted by molar-refractivity contribution is 0.263. The van der Waals surface area contributed by atoms with E-state index in [2.05, 4.69) is 4.72 Å². The van der Waals surface area contributed by atoms with E-state index >= 15 is 0 Å². The summed E-state index contributed by atoms with van der Waals surface area (Å²) in [5.41, 5.74) is 0. The van der Waals surface area contributed by atoms with E-state index in [1.807, 2.05) is 6.92 Å². The highest BCUT2D eigenvalue weighted by molar-refractivity contribution is 7.87. The molecule has 0 aromatic rings. The SMILES string of the molecule is C[C@H]1CCCCN1S(=O)(=O)NC1CCCCCC1. The van der Waals surface area contributed by atoms with Crippen molar-refractivity contribution < 1.29 is 8.42 Å². The molecule has 0 spiro atoms. The quantitative estimate of drug-likeness (QED) is 0.804. The Hall–Kier alpha value is -0.130. The second-order valence-electron chi connectivity index (χ2n) is 5.77. The van der Waals surface area contributed by atoms with Crippen LogP contribution in [-0.4, -0.2) is 31.4 Å². The van der Waals surface area contributed by atoms with Crippen molar-refractivity contribution in [1.29, 1.82) is 0 Å². The van der Waals surface area contributed by atoms with Gasteiger partial charge in [0.1, 0.15) is 0 Å². The molecule has 1 heterocycles. The van der Waals surface area contributed by atoms with E-state index in [1.54, 1.807) is 4.31 Å². The third kappa shape index (κ3) is 3.68. The van der Waals surface area contributed by atoms with Crippen LogP contribution in [0.2, 0.25) is 0 Å². The van der Waals surface area contributed by atoms with Gasteiger partial charge in [0.25, 0.3) is 10.2 Å². The Morgan fingerprint density at radius 1 is 0.944 bits per heavy atom. The molecule has 0 aromatic heterocycles. The second-order valence-corrected chi connectivity index (χ2v) is 7.42. The lowest BCUT2D eigenvalue weighted by Crippen LogP contribution is -2.50. The maximum atomic E-state index is 12.4. The Kier molecular flexibility index (Phi) is 5.04. The molecular weight excluding hydrogens is 248 g/mol. The number of piperidine rings is 1. The van der Waals surface area contributed by atoms with Crippen LogP contribution in [0, 0.1) is 0 Å². The van der Waals surface area contributed by atoms with Crippen LogP contribution < -0.4 is 4.72 Å². The maximum Gasteiger partial charge on any atom is 0.279 e. The van der Waals surface area contributed by atoms with Gasteiger partial charge in [0.15, 0.2) is 0 Å². The fourth-order valence-electron chi connectivity index (χ4n) is 3.10. The predicted octanol–water partition coefficient (Wildman–Crippen LogP) is 2.42. The monoisotopic (exact) mass is 274 g/mol. The first kappa shape index (κ1) is 14.3. The van der Waals surface area contributed by atoms with Crippen molar-refractivity contribution in [3.8, 4) is 0 Å². The van der Waals surface area contributed by atoms with Gasteiger partial charge in [0, 0.05) is 18.6 Å². The molecule has 0 unspecified atom stereocenters.